The van der Waals surface area contributed by atoms with Crippen molar-refractivity contribution < 1.29 is 9.47 Å². The van der Waals surface area contributed by atoms with Gasteiger partial charge in [-0.3, -0.25) is 0 Å². The smallest absolute Gasteiger partial charge is 0.140 e. The zero-order chi connectivity index (χ0) is 21.6. The van der Waals surface area contributed by atoms with E-state index in [0.29, 0.717) is 0 Å². The fourth-order valence-corrected chi connectivity index (χ4v) is 5.08. The van der Waals surface area contributed by atoms with Crippen LogP contribution < -0.4 is 9.47 Å². The van der Waals surface area contributed by atoms with E-state index in [2.05, 4.69) is 53.7 Å². The normalized spacial score (nSPS) is 11.0. The fraction of sp³-hybridized carbons (Fsp3) is 0.538. The maximum atomic E-state index is 6.04. The van der Waals surface area contributed by atoms with Gasteiger partial charge in [-0.25, -0.2) is 0 Å². The summed E-state index contributed by atoms with van der Waals surface area (Å²) in [5, 5.41) is 0. The summed E-state index contributed by atoms with van der Waals surface area (Å²) < 4.78 is 12.1. The lowest BCUT2D eigenvalue weighted by molar-refractivity contribution is 0.401. The Morgan fingerprint density at radius 3 is 1.86 bits per heavy atom. The molecule has 0 unspecified atom stereocenters. The lowest BCUT2D eigenvalue weighted by Crippen LogP contribution is -2.04. The van der Waals surface area contributed by atoms with Gasteiger partial charge in [0.2, 0.25) is 0 Å². The minimum atomic E-state index is 0.989. The topological polar surface area (TPSA) is 18.5 Å². The predicted molar refractivity (Wildman–Crippen MR) is 128 cm³/mol. The van der Waals surface area contributed by atoms with Gasteiger partial charge in [0, 0.05) is 11.1 Å². The van der Waals surface area contributed by atoms with E-state index in [1.54, 1.807) is 14.2 Å². The lowest BCUT2D eigenvalue weighted by atomic mass is 9.87. The molecular formula is C26H38O2S. The van der Waals surface area contributed by atoms with E-state index in [0.717, 1.165) is 23.7 Å². The average Bonchev–Trinajstić information content (AvgIpc) is 2.71. The summed E-state index contributed by atoms with van der Waals surface area (Å²) in [5.74, 6) is 3.11. The molecule has 2 aromatic rings. The van der Waals surface area contributed by atoms with Gasteiger partial charge >= 0.3 is 0 Å². The highest BCUT2D eigenvalue weighted by molar-refractivity contribution is 7.99. The molecule has 0 aliphatic rings. The molecule has 160 valence electrons. The van der Waals surface area contributed by atoms with E-state index < -0.39 is 0 Å². The van der Waals surface area contributed by atoms with E-state index in [9.17, 15) is 0 Å². The minimum absolute atomic E-state index is 0.989. The van der Waals surface area contributed by atoms with Crippen molar-refractivity contribution in [1.29, 1.82) is 0 Å². The van der Waals surface area contributed by atoms with Gasteiger partial charge in [0.25, 0.3) is 0 Å². The highest BCUT2D eigenvalue weighted by Gasteiger charge is 2.24. The molecule has 0 amide bonds. The summed E-state index contributed by atoms with van der Waals surface area (Å²) in [6, 6.07) is 4.59. The molecular weight excluding hydrogens is 376 g/mol. The van der Waals surface area contributed by atoms with Gasteiger partial charge in [-0.05, 0) is 86.6 Å². The largest absolute Gasteiger partial charge is 0.496 e. The Morgan fingerprint density at radius 2 is 1.31 bits per heavy atom. The first-order valence-corrected chi connectivity index (χ1v) is 11.9. The molecule has 0 N–H and O–H groups in total. The molecule has 0 radical (unpaired) electrons. The number of thioether (sulfide) groups is 1. The molecule has 0 bridgehead atoms. The van der Waals surface area contributed by atoms with E-state index in [-0.39, 0.29) is 0 Å². The van der Waals surface area contributed by atoms with Crippen LogP contribution in [0, 0.1) is 27.7 Å². The van der Waals surface area contributed by atoms with Crippen molar-refractivity contribution in [2.45, 2.75) is 78.5 Å². The molecule has 0 aliphatic heterocycles. The highest BCUT2D eigenvalue weighted by atomic mass is 32.2. The molecule has 2 rings (SSSR count). The zero-order valence-corrected chi connectivity index (χ0v) is 20.4. The van der Waals surface area contributed by atoms with Crippen molar-refractivity contribution in [3.63, 3.8) is 0 Å². The number of methoxy groups -OCH3 is 2. The lowest BCUT2D eigenvalue weighted by Gasteiger charge is -2.24. The van der Waals surface area contributed by atoms with Crippen LogP contribution in [0.3, 0.4) is 0 Å². The van der Waals surface area contributed by atoms with E-state index in [1.807, 2.05) is 11.8 Å². The van der Waals surface area contributed by atoms with Crippen LogP contribution >= 0.6 is 11.8 Å². The molecule has 3 heteroatoms. The molecule has 0 saturated carbocycles. The van der Waals surface area contributed by atoms with Crippen LogP contribution in [0.5, 0.6) is 11.5 Å². The molecule has 0 heterocycles. The van der Waals surface area contributed by atoms with Crippen LogP contribution in [0.4, 0.5) is 0 Å². The Hall–Kier alpha value is -1.61. The Labute approximate surface area is 182 Å². The third-order valence-corrected chi connectivity index (χ3v) is 6.96. The number of hydrogen-bond acceptors (Lipinski definition) is 3. The first-order valence-electron chi connectivity index (χ1n) is 10.9. The molecule has 0 atom stereocenters. The Morgan fingerprint density at radius 1 is 0.759 bits per heavy atom. The van der Waals surface area contributed by atoms with Crippen LogP contribution in [-0.2, 0) is 6.42 Å². The Bertz CT molecular complexity index is 840. The van der Waals surface area contributed by atoms with Gasteiger partial charge in [-0.15, -0.1) is 11.8 Å². The molecule has 29 heavy (non-hydrogen) atoms. The zero-order valence-electron chi connectivity index (χ0n) is 19.6. The van der Waals surface area contributed by atoms with Gasteiger partial charge < -0.3 is 9.47 Å². The van der Waals surface area contributed by atoms with E-state index in [1.165, 1.54) is 69.5 Å². The van der Waals surface area contributed by atoms with Crippen LogP contribution in [0.1, 0.15) is 67.3 Å². The first-order chi connectivity index (χ1) is 13.9. The number of rotatable bonds is 10. The van der Waals surface area contributed by atoms with E-state index in [4.69, 9.17) is 9.47 Å². The summed E-state index contributed by atoms with van der Waals surface area (Å²) in [7, 11) is 3.60. The highest BCUT2D eigenvalue weighted by Crippen LogP contribution is 2.48. The van der Waals surface area contributed by atoms with Crippen molar-refractivity contribution >= 4 is 11.8 Å². The molecule has 0 saturated heterocycles. The monoisotopic (exact) mass is 414 g/mol. The average molecular weight is 415 g/mol. The predicted octanol–water partition coefficient (Wildman–Crippen LogP) is 7.84. The molecule has 0 spiro atoms. The van der Waals surface area contributed by atoms with Crippen LogP contribution in [0.2, 0.25) is 0 Å². The van der Waals surface area contributed by atoms with Crippen molar-refractivity contribution in [3.8, 4) is 22.6 Å². The second-order valence-electron chi connectivity index (χ2n) is 7.92. The second-order valence-corrected chi connectivity index (χ2v) is 9.05. The minimum Gasteiger partial charge on any atom is -0.496 e. The molecule has 0 aliphatic carbocycles. The van der Waals surface area contributed by atoms with Gasteiger partial charge in [-0.2, -0.15) is 0 Å². The van der Waals surface area contributed by atoms with Gasteiger partial charge in [0.05, 0.1) is 19.1 Å². The molecule has 0 fully saturated rings. The standard InChI is InChI=1S/C26H38O2S/c1-9-11-13-21-15-17(3)19(5)23(25(21)27-7)24-20(6)18(4)16-22(26(24)28-8)29-14-12-10-2/h15-16H,9-14H2,1-8H3. The third-order valence-electron chi connectivity index (χ3n) is 5.85. The summed E-state index contributed by atoms with van der Waals surface area (Å²) >= 11 is 1.90. The number of benzene rings is 2. The molecule has 2 aromatic carbocycles. The maximum Gasteiger partial charge on any atom is 0.140 e. The second kappa shape index (κ2) is 11.0. The van der Waals surface area contributed by atoms with Crippen molar-refractivity contribution in [2.75, 3.05) is 20.0 Å². The number of aryl methyl sites for hydroxylation is 3. The van der Waals surface area contributed by atoms with Crippen molar-refractivity contribution in [2.24, 2.45) is 0 Å². The fourth-order valence-electron chi connectivity index (χ4n) is 3.85. The summed E-state index contributed by atoms with van der Waals surface area (Å²) in [6.45, 7) is 13.3. The van der Waals surface area contributed by atoms with Crippen LogP contribution in [-0.4, -0.2) is 20.0 Å². The van der Waals surface area contributed by atoms with Gasteiger partial charge in [0.15, 0.2) is 0 Å². The summed E-state index contributed by atoms with van der Waals surface area (Å²) in [4.78, 5) is 1.23. The SMILES string of the molecule is CCCCSc1cc(C)c(C)c(-c2c(C)c(C)cc(CCCC)c2OC)c1OC. The summed E-state index contributed by atoms with van der Waals surface area (Å²) in [6.07, 6.45) is 5.80. The first kappa shape index (κ1) is 23.7. The molecule has 2 nitrogen and oxygen atoms in total. The van der Waals surface area contributed by atoms with Crippen LogP contribution in [0.25, 0.3) is 11.1 Å². The Kier molecular flexibility index (Phi) is 8.95. The van der Waals surface area contributed by atoms with Crippen molar-refractivity contribution in [1.82, 2.24) is 0 Å². The molecule has 0 aromatic heterocycles. The number of hydrogen-bond donors (Lipinski definition) is 0. The Balaban J connectivity index is 2.80. The number of unbranched alkanes of at least 4 members (excludes halogenated alkanes) is 2. The van der Waals surface area contributed by atoms with Crippen LogP contribution in [0.15, 0.2) is 17.0 Å². The third kappa shape index (κ3) is 5.12. The van der Waals surface area contributed by atoms with E-state index >= 15 is 0 Å². The van der Waals surface area contributed by atoms with Gasteiger partial charge in [-0.1, -0.05) is 32.8 Å². The van der Waals surface area contributed by atoms with Gasteiger partial charge in [0.1, 0.15) is 11.5 Å². The number of ether oxygens (including phenoxy) is 2. The summed E-state index contributed by atoms with van der Waals surface area (Å²) in [5.41, 5.74) is 8.87. The van der Waals surface area contributed by atoms with Crippen molar-refractivity contribution in [3.05, 3.63) is 39.9 Å². The maximum absolute atomic E-state index is 6.04. The quantitative estimate of drug-likeness (QED) is 0.291.